The number of hydrogen-bond acceptors (Lipinski definition) is 3. The lowest BCUT2D eigenvalue weighted by Gasteiger charge is -2.34. The fraction of sp³-hybridized carbons (Fsp3) is 0.632. The van der Waals surface area contributed by atoms with E-state index in [0.717, 1.165) is 24.9 Å². The molecule has 2 fully saturated rings. The number of carbonyl (C=O) groups excluding carboxylic acids is 1. The number of hydrogen-bond donors (Lipinski definition) is 0. The Labute approximate surface area is 145 Å². The molecule has 1 aliphatic carbocycles. The number of amides is 1. The predicted octanol–water partition coefficient (Wildman–Crippen LogP) is 3.58. The van der Waals surface area contributed by atoms with E-state index < -0.39 is 9.84 Å². The summed E-state index contributed by atoms with van der Waals surface area (Å²) in [5, 5.41) is 0. The molecular formula is C19H27NO3S. The number of sulfone groups is 1. The van der Waals surface area contributed by atoms with Crippen molar-refractivity contribution in [2.75, 3.05) is 12.8 Å². The van der Waals surface area contributed by atoms with Gasteiger partial charge in [-0.15, -0.1) is 0 Å². The molecule has 0 spiro atoms. The van der Waals surface area contributed by atoms with Crippen LogP contribution in [0.5, 0.6) is 0 Å². The van der Waals surface area contributed by atoms with Gasteiger partial charge in [0.15, 0.2) is 9.84 Å². The van der Waals surface area contributed by atoms with Gasteiger partial charge in [-0.2, -0.15) is 0 Å². The highest BCUT2D eigenvalue weighted by Gasteiger charge is 2.36. The van der Waals surface area contributed by atoms with E-state index in [0.29, 0.717) is 17.5 Å². The van der Waals surface area contributed by atoms with Gasteiger partial charge in [0, 0.05) is 24.4 Å². The van der Waals surface area contributed by atoms with Crippen molar-refractivity contribution in [2.45, 2.75) is 62.8 Å². The van der Waals surface area contributed by atoms with Crippen molar-refractivity contribution in [3.05, 3.63) is 29.3 Å². The normalized spacial score (nSPS) is 22.8. The van der Waals surface area contributed by atoms with Crippen molar-refractivity contribution in [1.82, 2.24) is 4.90 Å². The Kier molecular flexibility index (Phi) is 5.00. The van der Waals surface area contributed by atoms with Crippen LogP contribution in [0.3, 0.4) is 0 Å². The van der Waals surface area contributed by atoms with Crippen LogP contribution in [0, 0.1) is 12.8 Å². The SMILES string of the molecule is Cc1ccc(S(C)(=O)=O)cc1C(=O)N1CCCC1C1CCCCC1. The van der Waals surface area contributed by atoms with E-state index in [9.17, 15) is 13.2 Å². The summed E-state index contributed by atoms with van der Waals surface area (Å²) in [4.78, 5) is 15.4. The summed E-state index contributed by atoms with van der Waals surface area (Å²) in [5.41, 5.74) is 1.39. The Morgan fingerprint density at radius 1 is 1.08 bits per heavy atom. The number of nitrogens with zero attached hydrogens (tertiary/aromatic N) is 1. The minimum atomic E-state index is -3.30. The second-order valence-electron chi connectivity index (χ2n) is 7.36. The zero-order valence-electron chi connectivity index (χ0n) is 14.6. The van der Waals surface area contributed by atoms with Gasteiger partial charge in [-0.1, -0.05) is 25.3 Å². The first-order valence-corrected chi connectivity index (χ1v) is 10.9. The fourth-order valence-electron chi connectivity index (χ4n) is 4.27. The van der Waals surface area contributed by atoms with E-state index >= 15 is 0 Å². The number of carbonyl (C=O) groups is 1. The average molecular weight is 349 g/mol. The van der Waals surface area contributed by atoms with Gasteiger partial charge in [0.1, 0.15) is 0 Å². The molecule has 2 aliphatic rings. The zero-order valence-corrected chi connectivity index (χ0v) is 15.4. The van der Waals surface area contributed by atoms with Crippen LogP contribution in [0.15, 0.2) is 23.1 Å². The Morgan fingerprint density at radius 2 is 1.79 bits per heavy atom. The Bertz CT molecular complexity index is 720. The molecule has 1 amide bonds. The lowest BCUT2D eigenvalue weighted by Crippen LogP contribution is -2.41. The molecule has 0 N–H and O–H groups in total. The summed E-state index contributed by atoms with van der Waals surface area (Å²) in [6.45, 7) is 2.67. The first-order valence-electron chi connectivity index (χ1n) is 8.99. The van der Waals surface area contributed by atoms with Gasteiger partial charge in [0.25, 0.3) is 5.91 Å². The monoisotopic (exact) mass is 349 g/mol. The molecule has 1 atom stereocenters. The third kappa shape index (κ3) is 3.51. The first-order chi connectivity index (χ1) is 11.4. The van der Waals surface area contributed by atoms with Crippen molar-refractivity contribution < 1.29 is 13.2 Å². The third-order valence-corrected chi connectivity index (χ3v) is 6.73. The number of benzene rings is 1. The molecule has 0 aromatic heterocycles. The summed E-state index contributed by atoms with van der Waals surface area (Å²) in [7, 11) is -3.30. The number of likely N-dealkylation sites (tertiary alicyclic amines) is 1. The highest BCUT2D eigenvalue weighted by molar-refractivity contribution is 7.90. The van der Waals surface area contributed by atoms with Crippen molar-refractivity contribution in [3.63, 3.8) is 0 Å². The molecule has 1 unspecified atom stereocenters. The Hall–Kier alpha value is -1.36. The van der Waals surface area contributed by atoms with Crippen molar-refractivity contribution in [1.29, 1.82) is 0 Å². The molecule has 24 heavy (non-hydrogen) atoms. The maximum Gasteiger partial charge on any atom is 0.254 e. The lowest BCUT2D eigenvalue weighted by molar-refractivity contribution is 0.0660. The standard InChI is InChI=1S/C19H27NO3S/c1-14-10-11-16(24(2,22)23)13-17(14)19(21)20-12-6-9-18(20)15-7-4-3-5-8-15/h10-11,13,15,18H,3-9,12H2,1-2H3. The van der Waals surface area contributed by atoms with Crippen LogP contribution in [-0.2, 0) is 9.84 Å². The van der Waals surface area contributed by atoms with Crippen LogP contribution in [-0.4, -0.2) is 38.1 Å². The molecule has 1 saturated carbocycles. The highest BCUT2D eigenvalue weighted by Crippen LogP contribution is 2.35. The molecule has 5 heteroatoms. The number of rotatable bonds is 3. The van der Waals surface area contributed by atoms with Gasteiger partial charge in [0.05, 0.1) is 4.90 Å². The molecule has 3 rings (SSSR count). The molecule has 1 aliphatic heterocycles. The zero-order chi connectivity index (χ0) is 17.3. The van der Waals surface area contributed by atoms with Crippen LogP contribution in [0.1, 0.15) is 60.9 Å². The molecule has 1 saturated heterocycles. The van der Waals surface area contributed by atoms with E-state index in [1.54, 1.807) is 18.2 Å². The minimum Gasteiger partial charge on any atom is -0.335 e. The van der Waals surface area contributed by atoms with Crippen LogP contribution in [0.2, 0.25) is 0 Å². The maximum atomic E-state index is 13.1. The first kappa shape index (κ1) is 17.5. The van der Waals surface area contributed by atoms with E-state index in [1.165, 1.54) is 38.4 Å². The molecule has 1 aromatic rings. The van der Waals surface area contributed by atoms with E-state index in [-0.39, 0.29) is 10.8 Å². The second kappa shape index (κ2) is 6.87. The third-order valence-electron chi connectivity index (χ3n) is 5.62. The largest absolute Gasteiger partial charge is 0.335 e. The molecule has 1 aromatic carbocycles. The lowest BCUT2D eigenvalue weighted by atomic mass is 9.83. The Balaban J connectivity index is 1.87. The van der Waals surface area contributed by atoms with Gasteiger partial charge in [-0.05, 0) is 56.2 Å². The Morgan fingerprint density at radius 3 is 2.46 bits per heavy atom. The van der Waals surface area contributed by atoms with E-state index in [1.807, 2.05) is 11.8 Å². The maximum absolute atomic E-state index is 13.1. The van der Waals surface area contributed by atoms with Crippen LogP contribution >= 0.6 is 0 Å². The van der Waals surface area contributed by atoms with Crippen LogP contribution in [0.4, 0.5) is 0 Å². The van der Waals surface area contributed by atoms with Gasteiger partial charge >= 0.3 is 0 Å². The predicted molar refractivity (Wildman–Crippen MR) is 94.9 cm³/mol. The van der Waals surface area contributed by atoms with Gasteiger partial charge < -0.3 is 4.90 Å². The molecule has 1 heterocycles. The summed E-state index contributed by atoms with van der Waals surface area (Å²) in [6.07, 6.45) is 9.61. The molecular weight excluding hydrogens is 322 g/mol. The average Bonchev–Trinajstić information content (AvgIpc) is 3.04. The molecule has 0 radical (unpaired) electrons. The van der Waals surface area contributed by atoms with Gasteiger partial charge in [-0.3, -0.25) is 4.79 Å². The van der Waals surface area contributed by atoms with E-state index in [2.05, 4.69) is 0 Å². The van der Waals surface area contributed by atoms with Crippen molar-refractivity contribution in [2.24, 2.45) is 5.92 Å². The van der Waals surface area contributed by atoms with Crippen LogP contribution < -0.4 is 0 Å². The van der Waals surface area contributed by atoms with Crippen molar-refractivity contribution >= 4 is 15.7 Å². The number of aryl methyl sites for hydroxylation is 1. The smallest absolute Gasteiger partial charge is 0.254 e. The van der Waals surface area contributed by atoms with Crippen LogP contribution in [0.25, 0.3) is 0 Å². The summed E-state index contributed by atoms with van der Waals surface area (Å²) >= 11 is 0. The second-order valence-corrected chi connectivity index (χ2v) is 9.37. The fourth-order valence-corrected chi connectivity index (χ4v) is 4.92. The van der Waals surface area contributed by atoms with Gasteiger partial charge in [0.2, 0.25) is 0 Å². The minimum absolute atomic E-state index is 0.00562. The molecule has 132 valence electrons. The highest BCUT2D eigenvalue weighted by atomic mass is 32.2. The summed E-state index contributed by atoms with van der Waals surface area (Å²) in [5.74, 6) is 0.620. The summed E-state index contributed by atoms with van der Waals surface area (Å²) in [6, 6.07) is 5.22. The molecule has 4 nitrogen and oxygen atoms in total. The van der Waals surface area contributed by atoms with E-state index in [4.69, 9.17) is 0 Å². The quantitative estimate of drug-likeness (QED) is 0.838. The summed E-state index contributed by atoms with van der Waals surface area (Å²) < 4.78 is 23.7. The van der Waals surface area contributed by atoms with Crippen molar-refractivity contribution in [3.8, 4) is 0 Å². The topological polar surface area (TPSA) is 54.5 Å². The molecule has 0 bridgehead atoms. The van der Waals surface area contributed by atoms with Gasteiger partial charge in [-0.25, -0.2) is 8.42 Å².